The number of hydrogen-bond donors (Lipinski definition) is 1. The third kappa shape index (κ3) is 4.63. The first-order valence-corrected chi connectivity index (χ1v) is 5.50. The fourth-order valence-corrected chi connectivity index (χ4v) is 1.22. The van der Waals surface area contributed by atoms with E-state index < -0.39 is 0 Å². The standard InChI is InChI=1S/C12H16N2O3/c1-3-17-11(15)6-7-13-12(16)10-5-4-9(2)14-8-10/h4-5,8H,3,6-7H2,1-2H3,(H,13,16). The van der Waals surface area contributed by atoms with Crippen LogP contribution in [0.1, 0.15) is 29.4 Å². The van der Waals surface area contributed by atoms with Crippen LogP contribution < -0.4 is 5.32 Å². The van der Waals surface area contributed by atoms with Crippen molar-refractivity contribution in [1.29, 1.82) is 0 Å². The SMILES string of the molecule is CCOC(=O)CCNC(=O)c1ccc(C)nc1. The van der Waals surface area contributed by atoms with Gasteiger partial charge >= 0.3 is 5.97 Å². The van der Waals surface area contributed by atoms with Crippen LogP contribution in [0.25, 0.3) is 0 Å². The van der Waals surface area contributed by atoms with Gasteiger partial charge in [-0.3, -0.25) is 14.6 Å². The number of carbonyl (C=O) groups is 2. The molecule has 0 fully saturated rings. The summed E-state index contributed by atoms with van der Waals surface area (Å²) in [6, 6.07) is 3.46. The van der Waals surface area contributed by atoms with E-state index in [-0.39, 0.29) is 24.8 Å². The lowest BCUT2D eigenvalue weighted by Crippen LogP contribution is -2.26. The zero-order chi connectivity index (χ0) is 12.7. The zero-order valence-electron chi connectivity index (χ0n) is 10.0. The lowest BCUT2D eigenvalue weighted by atomic mass is 10.2. The van der Waals surface area contributed by atoms with E-state index in [0.717, 1.165) is 5.69 Å². The van der Waals surface area contributed by atoms with Crippen LogP contribution in [0, 0.1) is 6.92 Å². The second-order valence-electron chi connectivity index (χ2n) is 3.50. The van der Waals surface area contributed by atoms with Gasteiger partial charge in [0.1, 0.15) is 0 Å². The fraction of sp³-hybridized carbons (Fsp3) is 0.417. The van der Waals surface area contributed by atoms with Crippen LogP contribution in [0.4, 0.5) is 0 Å². The molecule has 0 unspecified atom stereocenters. The average Bonchev–Trinajstić information content (AvgIpc) is 2.30. The highest BCUT2D eigenvalue weighted by atomic mass is 16.5. The molecule has 5 heteroatoms. The number of nitrogens with one attached hydrogen (secondary N) is 1. The summed E-state index contributed by atoms with van der Waals surface area (Å²) in [4.78, 5) is 26.6. The van der Waals surface area contributed by atoms with E-state index in [0.29, 0.717) is 12.2 Å². The normalized spacial score (nSPS) is 9.76. The van der Waals surface area contributed by atoms with Crippen LogP contribution in [0.3, 0.4) is 0 Å². The molecule has 0 saturated heterocycles. The number of pyridine rings is 1. The lowest BCUT2D eigenvalue weighted by Gasteiger charge is -2.05. The number of amides is 1. The fourth-order valence-electron chi connectivity index (χ4n) is 1.22. The van der Waals surface area contributed by atoms with Gasteiger partial charge in [-0.15, -0.1) is 0 Å². The summed E-state index contributed by atoms with van der Waals surface area (Å²) in [5.41, 5.74) is 1.34. The third-order valence-corrected chi connectivity index (χ3v) is 2.09. The first-order valence-electron chi connectivity index (χ1n) is 5.50. The summed E-state index contributed by atoms with van der Waals surface area (Å²) < 4.78 is 4.74. The summed E-state index contributed by atoms with van der Waals surface area (Å²) in [5, 5.41) is 2.63. The van der Waals surface area contributed by atoms with Crippen molar-refractivity contribution >= 4 is 11.9 Å². The van der Waals surface area contributed by atoms with Crippen LogP contribution in [0.2, 0.25) is 0 Å². The van der Waals surface area contributed by atoms with Crippen LogP contribution in [0.15, 0.2) is 18.3 Å². The van der Waals surface area contributed by atoms with Gasteiger partial charge < -0.3 is 10.1 Å². The maximum Gasteiger partial charge on any atom is 0.307 e. The van der Waals surface area contributed by atoms with Gasteiger partial charge in [-0.1, -0.05) is 0 Å². The Morgan fingerprint density at radius 3 is 2.76 bits per heavy atom. The van der Waals surface area contributed by atoms with E-state index in [2.05, 4.69) is 10.3 Å². The summed E-state index contributed by atoms with van der Waals surface area (Å²) in [7, 11) is 0. The van der Waals surface area contributed by atoms with Crippen LogP contribution in [0.5, 0.6) is 0 Å². The van der Waals surface area contributed by atoms with Crippen LogP contribution in [-0.2, 0) is 9.53 Å². The highest BCUT2D eigenvalue weighted by Crippen LogP contribution is 1.98. The zero-order valence-corrected chi connectivity index (χ0v) is 10.0. The smallest absolute Gasteiger partial charge is 0.307 e. The molecule has 0 aliphatic heterocycles. The van der Waals surface area contributed by atoms with Crippen molar-refractivity contribution in [3.05, 3.63) is 29.6 Å². The molecule has 0 spiro atoms. The Morgan fingerprint density at radius 1 is 1.41 bits per heavy atom. The Morgan fingerprint density at radius 2 is 2.18 bits per heavy atom. The molecule has 0 aliphatic rings. The van der Waals surface area contributed by atoms with Crippen LogP contribution in [-0.4, -0.2) is 30.0 Å². The Hall–Kier alpha value is -1.91. The van der Waals surface area contributed by atoms with Gasteiger partial charge in [0, 0.05) is 18.4 Å². The Labute approximate surface area is 100 Å². The van der Waals surface area contributed by atoms with E-state index >= 15 is 0 Å². The molecule has 1 amide bonds. The maximum atomic E-state index is 11.6. The van der Waals surface area contributed by atoms with Crippen molar-refractivity contribution in [3.8, 4) is 0 Å². The minimum atomic E-state index is -0.310. The van der Waals surface area contributed by atoms with Gasteiger partial charge in [0.15, 0.2) is 0 Å². The largest absolute Gasteiger partial charge is 0.466 e. The molecule has 0 saturated carbocycles. The van der Waals surface area contributed by atoms with Crippen LogP contribution >= 0.6 is 0 Å². The van der Waals surface area contributed by atoms with Gasteiger partial charge in [0.25, 0.3) is 5.91 Å². The minimum Gasteiger partial charge on any atom is -0.466 e. The molecule has 1 N–H and O–H groups in total. The van der Waals surface area contributed by atoms with Crippen molar-refractivity contribution in [1.82, 2.24) is 10.3 Å². The number of nitrogens with zero attached hydrogens (tertiary/aromatic N) is 1. The number of rotatable bonds is 5. The van der Waals surface area contributed by atoms with E-state index in [1.165, 1.54) is 6.20 Å². The predicted molar refractivity (Wildman–Crippen MR) is 62.6 cm³/mol. The van der Waals surface area contributed by atoms with Gasteiger partial charge in [-0.2, -0.15) is 0 Å². The average molecular weight is 236 g/mol. The summed E-state index contributed by atoms with van der Waals surface area (Å²) in [6.45, 7) is 4.22. The molecule has 0 radical (unpaired) electrons. The van der Waals surface area contributed by atoms with Crippen molar-refractivity contribution in [2.75, 3.05) is 13.2 Å². The van der Waals surface area contributed by atoms with E-state index in [1.807, 2.05) is 6.92 Å². The molecule has 1 aromatic rings. The number of ether oxygens (including phenoxy) is 1. The number of aromatic nitrogens is 1. The Kier molecular flexibility index (Phi) is 5.13. The molecular formula is C12H16N2O3. The monoisotopic (exact) mass is 236 g/mol. The molecule has 0 aliphatic carbocycles. The van der Waals surface area contributed by atoms with E-state index in [4.69, 9.17) is 4.74 Å². The number of carbonyl (C=O) groups excluding carboxylic acids is 2. The summed E-state index contributed by atoms with van der Waals surface area (Å²) in [6.07, 6.45) is 1.69. The molecule has 5 nitrogen and oxygen atoms in total. The number of aryl methyl sites for hydroxylation is 1. The summed E-state index contributed by atoms with van der Waals surface area (Å²) in [5.74, 6) is -0.545. The van der Waals surface area contributed by atoms with Gasteiger partial charge in [0.2, 0.25) is 0 Å². The molecule has 1 rings (SSSR count). The maximum absolute atomic E-state index is 11.6. The van der Waals surface area contributed by atoms with E-state index in [1.54, 1.807) is 19.1 Å². The molecule has 0 aromatic carbocycles. The van der Waals surface area contributed by atoms with Crippen molar-refractivity contribution in [3.63, 3.8) is 0 Å². The van der Waals surface area contributed by atoms with Crippen molar-refractivity contribution < 1.29 is 14.3 Å². The first-order chi connectivity index (χ1) is 8.13. The van der Waals surface area contributed by atoms with Gasteiger partial charge in [0.05, 0.1) is 18.6 Å². The van der Waals surface area contributed by atoms with Gasteiger partial charge in [-0.25, -0.2) is 0 Å². The highest BCUT2D eigenvalue weighted by molar-refractivity contribution is 5.94. The summed E-state index contributed by atoms with van der Waals surface area (Å²) >= 11 is 0. The third-order valence-electron chi connectivity index (χ3n) is 2.09. The Bertz CT molecular complexity index is 387. The predicted octanol–water partition coefficient (Wildman–Crippen LogP) is 1.07. The first kappa shape index (κ1) is 13.2. The quantitative estimate of drug-likeness (QED) is 0.776. The molecule has 0 atom stereocenters. The minimum absolute atomic E-state index is 0.179. The van der Waals surface area contributed by atoms with Gasteiger partial charge in [-0.05, 0) is 26.0 Å². The number of hydrogen-bond acceptors (Lipinski definition) is 4. The molecule has 17 heavy (non-hydrogen) atoms. The van der Waals surface area contributed by atoms with Crippen molar-refractivity contribution in [2.45, 2.75) is 20.3 Å². The topological polar surface area (TPSA) is 68.3 Å². The molecule has 1 aromatic heterocycles. The number of esters is 1. The lowest BCUT2D eigenvalue weighted by molar-refractivity contribution is -0.142. The Balaban J connectivity index is 2.35. The molecule has 1 heterocycles. The van der Waals surface area contributed by atoms with E-state index in [9.17, 15) is 9.59 Å². The molecule has 0 bridgehead atoms. The van der Waals surface area contributed by atoms with Crippen molar-refractivity contribution in [2.24, 2.45) is 0 Å². The second kappa shape index (κ2) is 6.62. The highest BCUT2D eigenvalue weighted by Gasteiger charge is 2.06. The molecular weight excluding hydrogens is 220 g/mol. The molecule has 92 valence electrons. The second-order valence-corrected chi connectivity index (χ2v) is 3.50.